The third-order valence-corrected chi connectivity index (χ3v) is 4.58. The van der Waals surface area contributed by atoms with Gasteiger partial charge in [-0.15, -0.1) is 0 Å². The number of hydrogen-bond donors (Lipinski definition) is 2. The van der Waals surface area contributed by atoms with E-state index in [1.807, 2.05) is 0 Å². The minimum atomic E-state index is -3.26. The molecule has 116 valence electrons. The SMILES string of the molecule is CS(=O)(=O)N1CCC[C@@H](NC(=O)Nc2ccccc2F)C1. The van der Waals surface area contributed by atoms with Crippen molar-refractivity contribution in [2.75, 3.05) is 24.7 Å². The monoisotopic (exact) mass is 315 g/mol. The third kappa shape index (κ3) is 4.40. The Morgan fingerprint density at radius 3 is 2.76 bits per heavy atom. The Morgan fingerprint density at radius 1 is 1.38 bits per heavy atom. The molecule has 0 aliphatic carbocycles. The second kappa shape index (κ2) is 6.40. The third-order valence-electron chi connectivity index (χ3n) is 3.31. The summed E-state index contributed by atoms with van der Waals surface area (Å²) >= 11 is 0. The van der Waals surface area contributed by atoms with Crippen LogP contribution in [0.1, 0.15) is 12.8 Å². The zero-order valence-electron chi connectivity index (χ0n) is 11.7. The molecule has 0 bridgehead atoms. The standard InChI is InChI=1S/C13H18FN3O3S/c1-21(19,20)17-8-4-5-10(9-17)15-13(18)16-12-7-3-2-6-11(12)14/h2-3,6-7,10H,4-5,8-9H2,1H3,(H2,15,16,18)/t10-/m1/s1. The zero-order chi connectivity index (χ0) is 15.5. The lowest BCUT2D eigenvalue weighted by Gasteiger charge is -2.31. The summed E-state index contributed by atoms with van der Waals surface area (Å²) in [5, 5.41) is 5.09. The van der Waals surface area contributed by atoms with Crippen LogP contribution in [0.5, 0.6) is 0 Å². The van der Waals surface area contributed by atoms with Crippen molar-refractivity contribution in [3.8, 4) is 0 Å². The highest BCUT2D eigenvalue weighted by molar-refractivity contribution is 7.88. The summed E-state index contributed by atoms with van der Waals surface area (Å²) in [6.45, 7) is 0.704. The number of amides is 2. The highest BCUT2D eigenvalue weighted by Gasteiger charge is 2.26. The molecule has 1 aliphatic heterocycles. The fourth-order valence-corrected chi connectivity index (χ4v) is 3.18. The molecule has 1 aliphatic rings. The summed E-state index contributed by atoms with van der Waals surface area (Å²) in [6.07, 6.45) is 2.52. The lowest BCUT2D eigenvalue weighted by atomic mass is 10.1. The van der Waals surface area contributed by atoms with Gasteiger partial charge in [0.1, 0.15) is 5.82 Å². The highest BCUT2D eigenvalue weighted by atomic mass is 32.2. The second-order valence-corrected chi connectivity index (χ2v) is 7.02. The number of carbonyl (C=O) groups is 1. The van der Waals surface area contributed by atoms with E-state index in [-0.39, 0.29) is 18.3 Å². The van der Waals surface area contributed by atoms with Crippen LogP contribution in [-0.2, 0) is 10.0 Å². The first-order chi connectivity index (χ1) is 9.86. The van der Waals surface area contributed by atoms with Crippen LogP contribution in [0.4, 0.5) is 14.9 Å². The molecule has 0 unspecified atom stereocenters. The maximum absolute atomic E-state index is 13.4. The van der Waals surface area contributed by atoms with E-state index in [1.54, 1.807) is 6.07 Å². The van der Waals surface area contributed by atoms with Crippen molar-refractivity contribution in [2.45, 2.75) is 18.9 Å². The summed E-state index contributed by atoms with van der Waals surface area (Å²) in [5.74, 6) is -0.519. The number of urea groups is 1. The lowest BCUT2D eigenvalue weighted by molar-refractivity contribution is 0.236. The van der Waals surface area contributed by atoms with E-state index in [2.05, 4.69) is 10.6 Å². The van der Waals surface area contributed by atoms with Gasteiger partial charge >= 0.3 is 6.03 Å². The molecule has 1 aromatic rings. The molecule has 1 aromatic carbocycles. The van der Waals surface area contributed by atoms with Crippen LogP contribution in [0.25, 0.3) is 0 Å². The molecule has 2 N–H and O–H groups in total. The van der Waals surface area contributed by atoms with Crippen LogP contribution >= 0.6 is 0 Å². The van der Waals surface area contributed by atoms with Crippen molar-refractivity contribution < 1.29 is 17.6 Å². The summed E-state index contributed by atoms with van der Waals surface area (Å²) in [4.78, 5) is 11.8. The molecule has 0 aromatic heterocycles. The smallest absolute Gasteiger partial charge is 0.319 e. The number of carbonyl (C=O) groups excluding carboxylic acids is 1. The first-order valence-corrected chi connectivity index (χ1v) is 8.48. The van der Waals surface area contributed by atoms with Crippen LogP contribution < -0.4 is 10.6 Å². The number of nitrogens with zero attached hydrogens (tertiary/aromatic N) is 1. The van der Waals surface area contributed by atoms with Crippen molar-refractivity contribution in [3.05, 3.63) is 30.1 Å². The molecule has 2 amide bonds. The lowest BCUT2D eigenvalue weighted by Crippen LogP contribution is -2.50. The molecule has 2 rings (SSSR count). The first kappa shape index (κ1) is 15.7. The number of para-hydroxylation sites is 1. The van der Waals surface area contributed by atoms with Gasteiger partial charge in [0, 0.05) is 19.1 Å². The number of nitrogens with one attached hydrogen (secondary N) is 2. The average molecular weight is 315 g/mol. The number of sulfonamides is 1. The Kier molecular flexibility index (Phi) is 4.79. The topological polar surface area (TPSA) is 78.5 Å². The van der Waals surface area contributed by atoms with E-state index in [0.717, 1.165) is 6.26 Å². The van der Waals surface area contributed by atoms with E-state index in [1.165, 1.54) is 22.5 Å². The summed E-state index contributed by atoms with van der Waals surface area (Å²) in [5.41, 5.74) is 0.0887. The summed E-state index contributed by atoms with van der Waals surface area (Å²) in [7, 11) is -3.26. The van der Waals surface area contributed by atoms with E-state index in [0.29, 0.717) is 19.4 Å². The number of benzene rings is 1. The normalized spacial score (nSPS) is 20.0. The van der Waals surface area contributed by atoms with Gasteiger partial charge in [0.15, 0.2) is 0 Å². The fourth-order valence-electron chi connectivity index (χ4n) is 2.27. The Bertz CT molecular complexity index is 621. The molecule has 1 fully saturated rings. The summed E-state index contributed by atoms with van der Waals surface area (Å²) < 4.78 is 37.8. The van der Waals surface area contributed by atoms with E-state index in [4.69, 9.17) is 0 Å². The molecule has 6 nitrogen and oxygen atoms in total. The maximum Gasteiger partial charge on any atom is 0.319 e. The van der Waals surface area contributed by atoms with Crippen LogP contribution in [-0.4, -0.2) is 44.1 Å². The Labute approximate surface area is 123 Å². The number of hydrogen-bond acceptors (Lipinski definition) is 3. The van der Waals surface area contributed by atoms with Gasteiger partial charge in [-0.3, -0.25) is 0 Å². The molecule has 0 saturated carbocycles. The van der Waals surface area contributed by atoms with Crippen molar-refractivity contribution in [3.63, 3.8) is 0 Å². The van der Waals surface area contributed by atoms with E-state index >= 15 is 0 Å². The Hall–Kier alpha value is -1.67. The zero-order valence-corrected chi connectivity index (χ0v) is 12.5. The minimum absolute atomic E-state index is 0.0887. The van der Waals surface area contributed by atoms with Crippen molar-refractivity contribution >= 4 is 21.7 Å². The largest absolute Gasteiger partial charge is 0.334 e. The quantitative estimate of drug-likeness (QED) is 0.884. The van der Waals surface area contributed by atoms with Gasteiger partial charge in [-0.25, -0.2) is 21.9 Å². The van der Waals surface area contributed by atoms with Crippen LogP contribution in [0.3, 0.4) is 0 Å². The van der Waals surface area contributed by atoms with Gasteiger partial charge in [-0.05, 0) is 25.0 Å². The van der Waals surface area contributed by atoms with Gasteiger partial charge < -0.3 is 10.6 Å². The molecule has 0 spiro atoms. The van der Waals surface area contributed by atoms with Crippen LogP contribution in [0.2, 0.25) is 0 Å². The molecule has 8 heteroatoms. The number of anilines is 1. The summed E-state index contributed by atoms with van der Waals surface area (Å²) in [6, 6.07) is 5.04. The second-order valence-electron chi connectivity index (χ2n) is 5.04. The number of rotatable bonds is 3. The molecular weight excluding hydrogens is 297 g/mol. The van der Waals surface area contributed by atoms with Gasteiger partial charge in [-0.1, -0.05) is 12.1 Å². The Morgan fingerprint density at radius 2 is 2.10 bits per heavy atom. The molecule has 1 atom stereocenters. The molecule has 1 saturated heterocycles. The van der Waals surface area contributed by atoms with Crippen molar-refractivity contribution in [2.24, 2.45) is 0 Å². The average Bonchev–Trinajstić information content (AvgIpc) is 2.41. The van der Waals surface area contributed by atoms with Crippen LogP contribution in [0.15, 0.2) is 24.3 Å². The number of halogens is 1. The molecule has 0 radical (unpaired) electrons. The van der Waals surface area contributed by atoms with Crippen LogP contribution in [0, 0.1) is 5.82 Å². The Balaban J connectivity index is 1.92. The maximum atomic E-state index is 13.4. The number of piperidine rings is 1. The predicted octanol–water partition coefficient (Wildman–Crippen LogP) is 1.37. The van der Waals surface area contributed by atoms with Gasteiger partial charge in [0.2, 0.25) is 10.0 Å². The molecule has 1 heterocycles. The van der Waals surface area contributed by atoms with Crippen molar-refractivity contribution in [1.29, 1.82) is 0 Å². The fraction of sp³-hybridized carbons (Fsp3) is 0.462. The highest BCUT2D eigenvalue weighted by Crippen LogP contribution is 2.15. The van der Waals surface area contributed by atoms with E-state index < -0.39 is 21.9 Å². The van der Waals surface area contributed by atoms with E-state index in [9.17, 15) is 17.6 Å². The molecule has 21 heavy (non-hydrogen) atoms. The first-order valence-electron chi connectivity index (χ1n) is 6.63. The minimum Gasteiger partial charge on any atom is -0.334 e. The van der Waals surface area contributed by atoms with Gasteiger partial charge in [0.05, 0.1) is 11.9 Å². The predicted molar refractivity (Wildman–Crippen MR) is 78.0 cm³/mol. The van der Waals surface area contributed by atoms with Crippen molar-refractivity contribution in [1.82, 2.24) is 9.62 Å². The van der Waals surface area contributed by atoms with Gasteiger partial charge in [0.25, 0.3) is 0 Å². The molecular formula is C13H18FN3O3S. The van der Waals surface area contributed by atoms with Gasteiger partial charge in [-0.2, -0.15) is 0 Å².